The Bertz CT molecular complexity index is 1060. The van der Waals surface area contributed by atoms with E-state index in [9.17, 15) is 24.1 Å². The number of ketones is 1. The zero-order chi connectivity index (χ0) is 20.7. The molecule has 6 nitrogen and oxygen atoms in total. The van der Waals surface area contributed by atoms with Crippen molar-refractivity contribution in [1.82, 2.24) is 0 Å². The highest BCUT2D eigenvalue weighted by atomic mass is 79.9. The molecule has 1 heterocycles. The van der Waals surface area contributed by atoms with Gasteiger partial charge in [-0.3, -0.25) is 24.6 Å². The highest BCUT2D eigenvalue weighted by Gasteiger charge is 2.40. The number of carbonyl (C=O) groups excluding carboxylic acids is 2. The standard InChI is InChI=1S/C21H16BrFN2O4/c22-13-6-9-17(16(23)10-13)24-18-2-1-3-19(26)21(18)15(11-20(24)27)12-4-7-14(8-5-12)25(28)29/h4-10,15H,1-3,11H2/t15-/m0/s1. The minimum Gasteiger partial charge on any atom is -0.294 e. The van der Waals surface area contributed by atoms with Crippen molar-refractivity contribution in [1.29, 1.82) is 0 Å². The van der Waals surface area contributed by atoms with Crippen molar-refractivity contribution in [3.05, 3.63) is 79.7 Å². The molecule has 0 saturated carbocycles. The Kier molecular flexibility index (Phi) is 5.04. The van der Waals surface area contributed by atoms with Gasteiger partial charge in [-0.2, -0.15) is 0 Å². The molecule has 8 heteroatoms. The summed E-state index contributed by atoms with van der Waals surface area (Å²) in [6.07, 6.45) is 1.45. The fraction of sp³-hybridized carbons (Fsp3) is 0.238. The third-order valence-corrected chi connectivity index (χ3v) is 5.83. The van der Waals surface area contributed by atoms with Crippen LogP contribution in [0, 0.1) is 15.9 Å². The number of allylic oxidation sites excluding steroid dienone is 2. The van der Waals surface area contributed by atoms with Gasteiger partial charge in [-0.15, -0.1) is 0 Å². The van der Waals surface area contributed by atoms with Gasteiger partial charge in [0.1, 0.15) is 5.82 Å². The van der Waals surface area contributed by atoms with Crippen LogP contribution in [0.15, 0.2) is 58.2 Å². The Labute approximate surface area is 174 Å². The maximum absolute atomic E-state index is 14.6. The molecule has 0 aromatic heterocycles. The summed E-state index contributed by atoms with van der Waals surface area (Å²) in [4.78, 5) is 37.6. The summed E-state index contributed by atoms with van der Waals surface area (Å²) in [6, 6.07) is 10.4. The molecule has 0 N–H and O–H groups in total. The van der Waals surface area contributed by atoms with Gasteiger partial charge in [0.15, 0.2) is 5.78 Å². The van der Waals surface area contributed by atoms with Crippen LogP contribution in [0.4, 0.5) is 15.8 Å². The molecule has 0 spiro atoms. The number of hydrogen-bond donors (Lipinski definition) is 0. The number of carbonyl (C=O) groups is 2. The third kappa shape index (κ3) is 3.48. The summed E-state index contributed by atoms with van der Waals surface area (Å²) in [7, 11) is 0. The van der Waals surface area contributed by atoms with E-state index in [0.717, 1.165) is 0 Å². The van der Waals surface area contributed by atoms with E-state index in [2.05, 4.69) is 15.9 Å². The molecule has 2 aromatic rings. The Hall–Kier alpha value is -2.87. The van der Waals surface area contributed by atoms with Crippen molar-refractivity contribution in [3.8, 4) is 0 Å². The number of hydrogen-bond acceptors (Lipinski definition) is 4. The average Bonchev–Trinajstić information content (AvgIpc) is 2.68. The fourth-order valence-electron chi connectivity index (χ4n) is 4.05. The largest absolute Gasteiger partial charge is 0.294 e. The summed E-state index contributed by atoms with van der Waals surface area (Å²) in [5.74, 6) is -1.40. The molecule has 0 fully saturated rings. The van der Waals surface area contributed by atoms with Crippen LogP contribution in [0.3, 0.4) is 0 Å². The molecule has 2 aromatic carbocycles. The number of amides is 1. The first-order valence-corrected chi connectivity index (χ1v) is 9.94. The maximum atomic E-state index is 14.6. The molecule has 1 aliphatic heterocycles. The Morgan fingerprint density at radius 2 is 1.83 bits per heavy atom. The van der Waals surface area contributed by atoms with Crippen LogP contribution >= 0.6 is 15.9 Å². The van der Waals surface area contributed by atoms with Crippen molar-refractivity contribution < 1.29 is 18.9 Å². The lowest BCUT2D eigenvalue weighted by Crippen LogP contribution is -2.41. The van der Waals surface area contributed by atoms with Crippen LogP contribution in [0.25, 0.3) is 0 Å². The molecule has 1 amide bonds. The molecular weight excluding hydrogens is 443 g/mol. The minimum absolute atomic E-state index is 0.00210. The molecule has 1 aliphatic carbocycles. The molecule has 1 atom stereocenters. The summed E-state index contributed by atoms with van der Waals surface area (Å²) >= 11 is 3.21. The summed E-state index contributed by atoms with van der Waals surface area (Å²) < 4.78 is 15.2. The van der Waals surface area contributed by atoms with Gasteiger partial charge < -0.3 is 0 Å². The number of benzene rings is 2. The Morgan fingerprint density at radius 1 is 1.10 bits per heavy atom. The van der Waals surface area contributed by atoms with Gasteiger partial charge in [-0.1, -0.05) is 28.1 Å². The number of non-ortho nitro benzene ring substituents is 1. The molecule has 0 bridgehead atoms. The van der Waals surface area contributed by atoms with E-state index in [0.29, 0.717) is 40.6 Å². The predicted octanol–water partition coefficient (Wildman–Crippen LogP) is 5.02. The lowest BCUT2D eigenvalue weighted by atomic mass is 9.77. The topological polar surface area (TPSA) is 80.5 Å². The van der Waals surface area contributed by atoms with Gasteiger partial charge in [0, 0.05) is 46.6 Å². The number of rotatable bonds is 3. The van der Waals surface area contributed by atoms with Crippen LogP contribution in [0.2, 0.25) is 0 Å². The summed E-state index contributed by atoms with van der Waals surface area (Å²) in [5, 5.41) is 10.9. The molecule has 29 heavy (non-hydrogen) atoms. The Balaban J connectivity index is 1.83. The van der Waals surface area contributed by atoms with Gasteiger partial charge in [-0.25, -0.2) is 4.39 Å². The number of nitro groups is 1. The van der Waals surface area contributed by atoms with E-state index in [1.165, 1.54) is 29.2 Å². The second-order valence-corrected chi connectivity index (χ2v) is 7.98. The molecule has 0 radical (unpaired) electrons. The van der Waals surface area contributed by atoms with Gasteiger partial charge in [0.2, 0.25) is 5.91 Å². The lowest BCUT2D eigenvalue weighted by Gasteiger charge is -2.38. The van der Waals surface area contributed by atoms with Gasteiger partial charge in [0.25, 0.3) is 5.69 Å². The fourth-order valence-corrected chi connectivity index (χ4v) is 4.38. The van der Waals surface area contributed by atoms with Crippen molar-refractivity contribution in [2.75, 3.05) is 4.90 Å². The average molecular weight is 459 g/mol. The lowest BCUT2D eigenvalue weighted by molar-refractivity contribution is -0.384. The zero-order valence-electron chi connectivity index (χ0n) is 15.2. The summed E-state index contributed by atoms with van der Waals surface area (Å²) in [5.41, 5.74) is 1.78. The van der Waals surface area contributed by atoms with Gasteiger partial charge in [-0.05, 0) is 36.6 Å². The number of nitrogens with zero attached hydrogens (tertiary/aromatic N) is 2. The van der Waals surface area contributed by atoms with E-state index in [1.54, 1.807) is 18.2 Å². The quantitative estimate of drug-likeness (QED) is 0.477. The van der Waals surface area contributed by atoms with Gasteiger partial charge in [0.05, 0.1) is 10.6 Å². The monoisotopic (exact) mass is 458 g/mol. The predicted molar refractivity (Wildman–Crippen MR) is 108 cm³/mol. The Morgan fingerprint density at radius 3 is 2.48 bits per heavy atom. The first kappa shape index (κ1) is 19.4. The highest BCUT2D eigenvalue weighted by molar-refractivity contribution is 9.10. The van der Waals surface area contributed by atoms with E-state index in [-0.39, 0.29) is 29.5 Å². The highest BCUT2D eigenvalue weighted by Crippen LogP contribution is 2.44. The van der Waals surface area contributed by atoms with E-state index in [4.69, 9.17) is 0 Å². The normalized spacial score (nSPS) is 19.4. The van der Waals surface area contributed by atoms with Crippen LogP contribution in [0.1, 0.15) is 37.2 Å². The van der Waals surface area contributed by atoms with E-state index < -0.39 is 16.7 Å². The minimum atomic E-state index is -0.550. The number of anilines is 1. The third-order valence-electron chi connectivity index (χ3n) is 5.33. The number of halogens is 2. The van der Waals surface area contributed by atoms with Crippen LogP contribution < -0.4 is 4.90 Å². The van der Waals surface area contributed by atoms with E-state index >= 15 is 0 Å². The second-order valence-electron chi connectivity index (χ2n) is 7.07. The molecule has 0 saturated heterocycles. The van der Waals surface area contributed by atoms with Crippen molar-refractivity contribution in [3.63, 3.8) is 0 Å². The van der Waals surface area contributed by atoms with Gasteiger partial charge >= 0.3 is 0 Å². The number of Topliss-reactive ketones (excluding diaryl/α,β-unsaturated/α-hetero) is 1. The van der Waals surface area contributed by atoms with Crippen LogP contribution in [-0.4, -0.2) is 16.6 Å². The zero-order valence-corrected chi connectivity index (χ0v) is 16.8. The second kappa shape index (κ2) is 7.51. The number of nitro benzene ring substituents is 1. The SMILES string of the molecule is O=C1CCCC2=C1[C@H](c1ccc([N+](=O)[O-])cc1)CC(=O)N2c1ccc(Br)cc1F. The maximum Gasteiger partial charge on any atom is 0.269 e. The van der Waals surface area contributed by atoms with Crippen molar-refractivity contribution >= 4 is 39.0 Å². The van der Waals surface area contributed by atoms with Crippen molar-refractivity contribution in [2.24, 2.45) is 0 Å². The molecular formula is C21H16BrFN2O4. The molecule has 148 valence electrons. The van der Waals surface area contributed by atoms with Crippen LogP contribution in [0.5, 0.6) is 0 Å². The smallest absolute Gasteiger partial charge is 0.269 e. The van der Waals surface area contributed by atoms with Crippen LogP contribution in [-0.2, 0) is 9.59 Å². The molecule has 0 unspecified atom stereocenters. The van der Waals surface area contributed by atoms with E-state index in [1.807, 2.05) is 0 Å². The first-order valence-electron chi connectivity index (χ1n) is 9.15. The first-order chi connectivity index (χ1) is 13.9. The molecule has 4 rings (SSSR count). The summed E-state index contributed by atoms with van der Waals surface area (Å²) in [6.45, 7) is 0. The molecule has 2 aliphatic rings. The van der Waals surface area contributed by atoms with Crippen molar-refractivity contribution in [2.45, 2.75) is 31.6 Å².